The van der Waals surface area contributed by atoms with Crippen LogP contribution in [0.2, 0.25) is 0 Å². The molecule has 1 aromatic rings. The Kier molecular flexibility index (Phi) is 3.59. The van der Waals surface area contributed by atoms with Crippen molar-refractivity contribution >= 4 is 5.69 Å². The number of benzene rings is 1. The summed E-state index contributed by atoms with van der Waals surface area (Å²) in [6.07, 6.45) is 0. The molecule has 1 heterocycles. The van der Waals surface area contributed by atoms with Crippen LogP contribution < -0.4 is 10.6 Å². The zero-order valence-electron chi connectivity index (χ0n) is 9.12. The maximum Gasteiger partial charge on any atom is 0.0637 e. The molecule has 1 aliphatic rings. The first-order chi connectivity index (χ1) is 7.34. The van der Waals surface area contributed by atoms with Crippen LogP contribution in [0.4, 0.5) is 5.69 Å². The lowest BCUT2D eigenvalue weighted by molar-refractivity contribution is 0.0806. The zero-order chi connectivity index (χ0) is 10.5. The highest BCUT2D eigenvalue weighted by atomic mass is 16.5. The van der Waals surface area contributed by atoms with Crippen molar-refractivity contribution in [2.75, 3.05) is 31.6 Å². The highest BCUT2D eigenvalue weighted by molar-refractivity contribution is 5.44. The second kappa shape index (κ2) is 5.14. The molecule has 1 aromatic carbocycles. The molecule has 1 saturated heterocycles. The van der Waals surface area contributed by atoms with Crippen LogP contribution in [0.3, 0.4) is 0 Å². The quantitative estimate of drug-likeness (QED) is 0.784. The van der Waals surface area contributed by atoms with E-state index < -0.39 is 0 Å². The summed E-state index contributed by atoms with van der Waals surface area (Å²) in [4.78, 5) is 0. The molecule has 0 radical (unpaired) electrons. The van der Waals surface area contributed by atoms with Crippen molar-refractivity contribution in [3.63, 3.8) is 0 Å². The minimum Gasteiger partial charge on any atom is -0.383 e. The summed E-state index contributed by atoms with van der Waals surface area (Å²) in [7, 11) is 0. The van der Waals surface area contributed by atoms with E-state index in [1.807, 2.05) is 0 Å². The van der Waals surface area contributed by atoms with Crippen molar-refractivity contribution in [3.05, 3.63) is 29.8 Å². The van der Waals surface area contributed by atoms with Crippen LogP contribution in [0.1, 0.15) is 5.56 Å². The van der Waals surface area contributed by atoms with Gasteiger partial charge in [-0.2, -0.15) is 0 Å². The number of anilines is 1. The average molecular weight is 206 g/mol. The molecule has 0 aromatic heterocycles. The highest BCUT2D eigenvalue weighted by Gasteiger charge is 2.11. The number of aryl methyl sites for hydroxylation is 1. The van der Waals surface area contributed by atoms with E-state index in [0.717, 1.165) is 26.3 Å². The lowest BCUT2D eigenvalue weighted by atomic mass is 10.2. The molecule has 1 aliphatic heterocycles. The minimum absolute atomic E-state index is 0.431. The predicted molar refractivity (Wildman–Crippen MR) is 62.3 cm³/mol. The Morgan fingerprint density at radius 1 is 1.40 bits per heavy atom. The standard InChI is InChI=1S/C12H18N2O/c1-10-2-4-11(5-3-10)14-8-12-9-15-7-6-13-12/h2-5,12-14H,6-9H2,1H3/t12-/m0/s1. The number of rotatable bonds is 3. The fraction of sp³-hybridized carbons (Fsp3) is 0.500. The van der Waals surface area contributed by atoms with E-state index in [0.29, 0.717) is 6.04 Å². The van der Waals surface area contributed by atoms with Crippen LogP contribution in [0.15, 0.2) is 24.3 Å². The molecule has 82 valence electrons. The SMILES string of the molecule is Cc1ccc(NC[C@H]2COCCN2)cc1. The van der Waals surface area contributed by atoms with Gasteiger partial charge in [0.25, 0.3) is 0 Å². The lowest BCUT2D eigenvalue weighted by Crippen LogP contribution is -2.45. The number of hydrogen-bond donors (Lipinski definition) is 2. The molecule has 2 N–H and O–H groups in total. The Balaban J connectivity index is 1.79. The summed E-state index contributed by atoms with van der Waals surface area (Å²) < 4.78 is 5.39. The normalized spacial score (nSPS) is 21.3. The number of ether oxygens (including phenoxy) is 1. The third-order valence-electron chi connectivity index (χ3n) is 2.60. The molecule has 1 atom stereocenters. The molecular formula is C12H18N2O. The maximum absolute atomic E-state index is 5.39. The lowest BCUT2D eigenvalue weighted by Gasteiger charge is -2.24. The monoisotopic (exact) mass is 206 g/mol. The second-order valence-electron chi connectivity index (χ2n) is 3.97. The van der Waals surface area contributed by atoms with Crippen molar-refractivity contribution < 1.29 is 4.74 Å². The largest absolute Gasteiger partial charge is 0.383 e. The molecule has 2 rings (SSSR count). The van der Waals surface area contributed by atoms with Crippen LogP contribution in [-0.4, -0.2) is 32.3 Å². The summed E-state index contributed by atoms with van der Waals surface area (Å²) in [6.45, 7) is 5.61. The van der Waals surface area contributed by atoms with Gasteiger partial charge in [-0.25, -0.2) is 0 Å². The first kappa shape index (κ1) is 10.5. The Bertz CT molecular complexity index is 291. The van der Waals surface area contributed by atoms with Gasteiger partial charge < -0.3 is 15.4 Å². The summed E-state index contributed by atoms with van der Waals surface area (Å²) in [5.74, 6) is 0. The van der Waals surface area contributed by atoms with Gasteiger partial charge in [0, 0.05) is 24.8 Å². The number of nitrogens with one attached hydrogen (secondary N) is 2. The van der Waals surface area contributed by atoms with Crippen molar-refractivity contribution in [1.82, 2.24) is 5.32 Å². The fourth-order valence-electron chi connectivity index (χ4n) is 1.66. The fourth-order valence-corrected chi connectivity index (χ4v) is 1.66. The summed E-state index contributed by atoms with van der Waals surface area (Å²) in [6, 6.07) is 8.89. The highest BCUT2D eigenvalue weighted by Crippen LogP contribution is 2.08. The van der Waals surface area contributed by atoms with E-state index in [-0.39, 0.29) is 0 Å². The van der Waals surface area contributed by atoms with Crippen LogP contribution in [0, 0.1) is 6.92 Å². The van der Waals surface area contributed by atoms with Crippen LogP contribution >= 0.6 is 0 Å². The van der Waals surface area contributed by atoms with Gasteiger partial charge >= 0.3 is 0 Å². The molecule has 3 nitrogen and oxygen atoms in total. The number of hydrogen-bond acceptors (Lipinski definition) is 3. The first-order valence-corrected chi connectivity index (χ1v) is 5.46. The molecule has 1 fully saturated rings. The van der Waals surface area contributed by atoms with Crippen molar-refractivity contribution in [3.8, 4) is 0 Å². The molecule has 15 heavy (non-hydrogen) atoms. The average Bonchev–Trinajstić information content (AvgIpc) is 2.30. The van der Waals surface area contributed by atoms with Crippen molar-refractivity contribution in [2.45, 2.75) is 13.0 Å². The molecule has 0 bridgehead atoms. The molecular weight excluding hydrogens is 188 g/mol. The summed E-state index contributed by atoms with van der Waals surface area (Å²) >= 11 is 0. The van der Waals surface area contributed by atoms with Crippen LogP contribution in [0.5, 0.6) is 0 Å². The second-order valence-corrected chi connectivity index (χ2v) is 3.97. The summed E-state index contributed by atoms with van der Waals surface area (Å²) in [5, 5.41) is 6.81. The van der Waals surface area contributed by atoms with E-state index in [1.165, 1.54) is 11.3 Å². The van der Waals surface area contributed by atoms with E-state index in [2.05, 4.69) is 41.8 Å². The summed E-state index contributed by atoms with van der Waals surface area (Å²) in [5.41, 5.74) is 2.47. The molecule has 0 spiro atoms. The van der Waals surface area contributed by atoms with Gasteiger partial charge in [0.15, 0.2) is 0 Å². The minimum atomic E-state index is 0.431. The van der Waals surface area contributed by atoms with E-state index in [9.17, 15) is 0 Å². The third-order valence-corrected chi connectivity index (χ3v) is 2.60. The molecule has 0 amide bonds. The topological polar surface area (TPSA) is 33.3 Å². The number of morpholine rings is 1. The van der Waals surface area contributed by atoms with Gasteiger partial charge in [-0.3, -0.25) is 0 Å². The van der Waals surface area contributed by atoms with Gasteiger partial charge in [-0.15, -0.1) is 0 Å². The smallest absolute Gasteiger partial charge is 0.0637 e. The van der Waals surface area contributed by atoms with E-state index in [4.69, 9.17) is 4.74 Å². The molecule has 0 unspecified atom stereocenters. The van der Waals surface area contributed by atoms with Gasteiger partial charge in [-0.05, 0) is 19.1 Å². The molecule has 0 aliphatic carbocycles. The van der Waals surface area contributed by atoms with Gasteiger partial charge in [-0.1, -0.05) is 17.7 Å². The molecule has 3 heteroatoms. The van der Waals surface area contributed by atoms with Gasteiger partial charge in [0.2, 0.25) is 0 Å². The van der Waals surface area contributed by atoms with Gasteiger partial charge in [0.05, 0.1) is 13.2 Å². The Labute approximate surface area is 90.8 Å². The van der Waals surface area contributed by atoms with E-state index in [1.54, 1.807) is 0 Å². The van der Waals surface area contributed by atoms with Crippen molar-refractivity contribution in [1.29, 1.82) is 0 Å². The predicted octanol–water partition coefficient (Wildman–Crippen LogP) is 1.40. The van der Waals surface area contributed by atoms with Gasteiger partial charge in [0.1, 0.15) is 0 Å². The maximum atomic E-state index is 5.39. The Hall–Kier alpha value is -1.06. The zero-order valence-corrected chi connectivity index (χ0v) is 9.12. The van der Waals surface area contributed by atoms with Crippen LogP contribution in [-0.2, 0) is 4.74 Å². The Morgan fingerprint density at radius 2 is 2.20 bits per heavy atom. The van der Waals surface area contributed by atoms with Crippen molar-refractivity contribution in [2.24, 2.45) is 0 Å². The van der Waals surface area contributed by atoms with E-state index >= 15 is 0 Å². The third kappa shape index (κ3) is 3.22. The Morgan fingerprint density at radius 3 is 2.87 bits per heavy atom. The van der Waals surface area contributed by atoms with Crippen LogP contribution in [0.25, 0.3) is 0 Å². The molecule has 0 saturated carbocycles. The first-order valence-electron chi connectivity index (χ1n) is 5.46.